The number of nitrogens with zero attached hydrogens (tertiary/aromatic N) is 2. The summed E-state index contributed by atoms with van der Waals surface area (Å²) in [6, 6.07) is 4.48. The Kier molecular flexibility index (Phi) is 5.53. The minimum absolute atomic E-state index is 0.00276. The Balaban J connectivity index is 1.92. The summed E-state index contributed by atoms with van der Waals surface area (Å²) in [6.07, 6.45) is 3.88. The topological polar surface area (TPSA) is 78.1 Å². The summed E-state index contributed by atoms with van der Waals surface area (Å²) in [7, 11) is 0. The van der Waals surface area contributed by atoms with Crippen molar-refractivity contribution >= 4 is 35.1 Å². The molecule has 138 valence electrons. The molecule has 0 bridgehead atoms. The first kappa shape index (κ1) is 18.7. The Bertz CT molecular complexity index is 884. The third-order valence-corrected chi connectivity index (χ3v) is 5.41. The van der Waals surface area contributed by atoms with E-state index in [-0.39, 0.29) is 28.8 Å². The van der Waals surface area contributed by atoms with Gasteiger partial charge in [-0.25, -0.2) is 9.78 Å². The summed E-state index contributed by atoms with van der Waals surface area (Å²) >= 11 is 11.8. The number of nitrogens with one attached hydrogen (secondary N) is 2. The molecule has 8 heteroatoms. The minimum atomic E-state index is -0.244. The zero-order chi connectivity index (χ0) is 18.8. The highest BCUT2D eigenvalue weighted by Crippen LogP contribution is 2.36. The second-order valence-corrected chi connectivity index (χ2v) is 7.04. The number of carbonyl (C=O) groups excluding carboxylic acids is 1. The van der Waals surface area contributed by atoms with Crippen molar-refractivity contribution in [1.82, 2.24) is 14.9 Å². The van der Waals surface area contributed by atoms with Crippen molar-refractivity contribution in [1.29, 1.82) is 0 Å². The molecule has 2 N–H and O–H groups in total. The van der Waals surface area contributed by atoms with Crippen LogP contribution in [0.2, 0.25) is 10.2 Å². The summed E-state index contributed by atoms with van der Waals surface area (Å²) in [5.41, 5.74) is 1.87. The van der Waals surface area contributed by atoms with Crippen molar-refractivity contribution in [3.8, 4) is 0 Å². The van der Waals surface area contributed by atoms with Crippen molar-refractivity contribution in [3.05, 3.63) is 56.1 Å². The van der Waals surface area contributed by atoms with Gasteiger partial charge in [-0.2, -0.15) is 0 Å². The number of rotatable bonds is 3. The number of anilines is 1. The quantitative estimate of drug-likeness (QED) is 0.757. The first-order valence-corrected chi connectivity index (χ1v) is 9.33. The predicted molar refractivity (Wildman–Crippen MR) is 103 cm³/mol. The Morgan fingerprint density at radius 2 is 2.12 bits per heavy atom. The van der Waals surface area contributed by atoms with Crippen LogP contribution in [-0.4, -0.2) is 26.9 Å². The molecule has 3 rings (SSSR count). The highest BCUT2D eigenvalue weighted by atomic mass is 35.5. The highest BCUT2D eigenvalue weighted by molar-refractivity contribution is 6.41. The molecule has 0 spiro atoms. The maximum absolute atomic E-state index is 13.0. The average molecular weight is 395 g/mol. The van der Waals surface area contributed by atoms with Crippen LogP contribution in [0, 0.1) is 0 Å². The second-order valence-electron chi connectivity index (χ2n) is 6.27. The lowest BCUT2D eigenvalue weighted by Crippen LogP contribution is -2.49. The molecule has 0 radical (unpaired) electrons. The Morgan fingerprint density at radius 1 is 1.35 bits per heavy atom. The van der Waals surface area contributed by atoms with Crippen LogP contribution in [-0.2, 0) is 6.42 Å². The van der Waals surface area contributed by atoms with Crippen molar-refractivity contribution in [2.75, 3.05) is 5.32 Å². The van der Waals surface area contributed by atoms with Gasteiger partial charge < -0.3 is 9.88 Å². The van der Waals surface area contributed by atoms with Gasteiger partial charge in [-0.1, -0.05) is 37.0 Å². The van der Waals surface area contributed by atoms with E-state index >= 15 is 0 Å². The van der Waals surface area contributed by atoms with Crippen LogP contribution in [0.1, 0.15) is 43.9 Å². The number of halogens is 2. The van der Waals surface area contributed by atoms with Gasteiger partial charge in [0.1, 0.15) is 11.0 Å². The summed E-state index contributed by atoms with van der Waals surface area (Å²) in [5.74, 6) is 0.348. The van der Waals surface area contributed by atoms with Gasteiger partial charge in [-0.05, 0) is 42.5 Å². The number of urea groups is 1. The van der Waals surface area contributed by atoms with E-state index in [1.54, 1.807) is 24.4 Å². The molecule has 2 aromatic heterocycles. The van der Waals surface area contributed by atoms with E-state index in [4.69, 9.17) is 23.2 Å². The lowest BCUT2D eigenvalue weighted by molar-refractivity contribution is 0.139. The maximum Gasteiger partial charge on any atom is 0.323 e. The molecule has 1 aliphatic rings. The molecule has 0 aliphatic carbocycles. The van der Waals surface area contributed by atoms with E-state index < -0.39 is 0 Å². The van der Waals surface area contributed by atoms with Gasteiger partial charge >= 0.3 is 6.03 Å². The monoisotopic (exact) mass is 394 g/mol. The second kappa shape index (κ2) is 7.68. The van der Waals surface area contributed by atoms with Gasteiger partial charge in [0.2, 0.25) is 5.56 Å². The molecule has 0 aromatic carbocycles. The van der Waals surface area contributed by atoms with Crippen LogP contribution in [0.4, 0.5) is 10.6 Å². The zero-order valence-electron chi connectivity index (χ0n) is 14.6. The van der Waals surface area contributed by atoms with Crippen molar-refractivity contribution in [2.45, 2.75) is 45.2 Å². The van der Waals surface area contributed by atoms with Crippen molar-refractivity contribution < 1.29 is 4.79 Å². The Labute approximate surface area is 161 Å². The van der Waals surface area contributed by atoms with Crippen molar-refractivity contribution in [2.24, 2.45) is 0 Å². The molecule has 2 unspecified atom stereocenters. The molecule has 0 saturated heterocycles. The van der Waals surface area contributed by atoms with Crippen LogP contribution in [0.15, 0.2) is 29.2 Å². The third kappa shape index (κ3) is 3.57. The molecule has 2 atom stereocenters. The molecule has 1 aliphatic heterocycles. The van der Waals surface area contributed by atoms with E-state index in [2.05, 4.69) is 15.3 Å². The number of aromatic nitrogens is 2. The smallest absolute Gasteiger partial charge is 0.323 e. The van der Waals surface area contributed by atoms with E-state index in [9.17, 15) is 9.59 Å². The van der Waals surface area contributed by atoms with Crippen LogP contribution < -0.4 is 10.9 Å². The Hall–Kier alpha value is -2.05. The number of pyridine rings is 2. The van der Waals surface area contributed by atoms with Gasteiger partial charge in [-0.3, -0.25) is 10.1 Å². The summed E-state index contributed by atoms with van der Waals surface area (Å²) in [6.45, 7) is 4.06. The molecule has 0 fully saturated rings. The molecule has 6 nitrogen and oxygen atoms in total. The fraction of sp³-hybridized carbons (Fsp3) is 0.389. The lowest BCUT2D eigenvalue weighted by Gasteiger charge is -2.42. The molecule has 2 aromatic rings. The average Bonchev–Trinajstić information content (AvgIpc) is 2.62. The lowest BCUT2D eigenvalue weighted by atomic mass is 9.87. The number of amides is 2. The normalized spacial score (nSPS) is 19.2. The van der Waals surface area contributed by atoms with Crippen LogP contribution in [0.25, 0.3) is 0 Å². The van der Waals surface area contributed by atoms with Gasteiger partial charge in [0.25, 0.3) is 0 Å². The first-order valence-electron chi connectivity index (χ1n) is 8.57. The summed E-state index contributed by atoms with van der Waals surface area (Å²) < 4.78 is 0. The van der Waals surface area contributed by atoms with E-state index in [1.807, 2.05) is 18.7 Å². The molecule has 2 amide bonds. The molecule has 3 heterocycles. The first-order chi connectivity index (χ1) is 12.4. The number of fused-ring (bicyclic) bond motifs is 1. The maximum atomic E-state index is 13.0. The SMILES string of the molecule is CCC1Cc2cc(=O)[nH]cc2C(CC)N1C(=O)Nc1ccc(Cl)c(Cl)n1. The standard InChI is InChI=1S/C18H20Cl2N4O2/c1-3-11-7-10-8-16(25)21-9-12(10)14(4-2)24(11)18(26)23-15-6-5-13(19)17(20)22-15/h5-6,8-9,11,14H,3-4,7H2,1-2H3,(H,21,25)(H,22,23,26). The van der Waals surface area contributed by atoms with E-state index in [1.165, 1.54) is 0 Å². The van der Waals surface area contributed by atoms with Crippen molar-refractivity contribution in [3.63, 3.8) is 0 Å². The largest absolute Gasteiger partial charge is 0.329 e. The molecular formula is C18H20Cl2N4O2. The highest BCUT2D eigenvalue weighted by Gasteiger charge is 2.36. The van der Waals surface area contributed by atoms with Crippen LogP contribution in [0.3, 0.4) is 0 Å². The number of carbonyl (C=O) groups is 1. The van der Waals surface area contributed by atoms with Gasteiger partial charge in [-0.15, -0.1) is 0 Å². The van der Waals surface area contributed by atoms with Crippen LogP contribution >= 0.6 is 23.2 Å². The number of aromatic amines is 1. The van der Waals surface area contributed by atoms with E-state index in [0.29, 0.717) is 17.3 Å². The molecular weight excluding hydrogens is 375 g/mol. The van der Waals surface area contributed by atoms with Gasteiger partial charge in [0, 0.05) is 18.3 Å². The molecule has 0 saturated carbocycles. The fourth-order valence-corrected chi connectivity index (χ4v) is 3.75. The van der Waals surface area contributed by atoms with Gasteiger partial charge in [0.15, 0.2) is 0 Å². The summed E-state index contributed by atoms with van der Waals surface area (Å²) in [5, 5.41) is 3.29. The summed E-state index contributed by atoms with van der Waals surface area (Å²) in [4.78, 5) is 33.3. The number of hydrogen-bond acceptors (Lipinski definition) is 3. The number of H-pyrrole nitrogens is 1. The van der Waals surface area contributed by atoms with Gasteiger partial charge in [0.05, 0.1) is 11.1 Å². The minimum Gasteiger partial charge on any atom is -0.329 e. The Morgan fingerprint density at radius 3 is 2.77 bits per heavy atom. The predicted octanol–water partition coefficient (Wildman–Crippen LogP) is 4.40. The van der Waals surface area contributed by atoms with Crippen LogP contribution in [0.5, 0.6) is 0 Å². The third-order valence-electron chi connectivity index (χ3n) is 4.72. The zero-order valence-corrected chi connectivity index (χ0v) is 16.1. The fourth-order valence-electron chi connectivity index (χ4n) is 3.49. The van der Waals surface area contributed by atoms with E-state index in [0.717, 1.165) is 24.0 Å². The molecule has 26 heavy (non-hydrogen) atoms. The number of hydrogen-bond donors (Lipinski definition) is 2.